The largest absolute Gasteiger partial charge is 0.454 e. The Balaban J connectivity index is 2.22. The van der Waals surface area contributed by atoms with Crippen molar-refractivity contribution in [3.05, 3.63) is 22.2 Å². The van der Waals surface area contributed by atoms with Crippen molar-refractivity contribution in [2.24, 2.45) is 0 Å². The third kappa shape index (κ3) is 1.08. The Bertz CT molecular complexity index is 390. The first-order chi connectivity index (χ1) is 6.86. The lowest BCUT2D eigenvalue weighted by molar-refractivity contribution is 0.0101. The first-order valence-corrected chi connectivity index (χ1v) is 4.68. The molecule has 74 valence electrons. The van der Waals surface area contributed by atoms with Gasteiger partial charge in [0.25, 0.3) is 0 Å². The summed E-state index contributed by atoms with van der Waals surface area (Å²) in [6.07, 6.45) is 0. The van der Waals surface area contributed by atoms with E-state index in [4.69, 9.17) is 25.9 Å². The monoisotopic (exact) mass is 213 g/mol. The summed E-state index contributed by atoms with van der Waals surface area (Å²) in [6.45, 7) is 1.33. The molecule has 1 N–H and O–H groups in total. The molecule has 0 aromatic heterocycles. The molecule has 0 spiro atoms. The fourth-order valence-electron chi connectivity index (χ4n) is 1.70. The molecule has 2 aliphatic heterocycles. The molecule has 2 aliphatic rings. The van der Waals surface area contributed by atoms with E-state index in [1.165, 1.54) is 0 Å². The Morgan fingerprint density at radius 3 is 3.14 bits per heavy atom. The second-order valence-electron chi connectivity index (χ2n) is 3.16. The summed E-state index contributed by atoms with van der Waals surface area (Å²) in [6, 6.07) is 1.78. The molecule has 0 atom stereocenters. The van der Waals surface area contributed by atoms with Gasteiger partial charge in [-0.2, -0.15) is 5.48 Å². The van der Waals surface area contributed by atoms with Crippen LogP contribution in [-0.4, -0.2) is 6.79 Å². The van der Waals surface area contributed by atoms with E-state index in [0.717, 1.165) is 22.6 Å². The van der Waals surface area contributed by atoms with Crippen LogP contribution in [0.4, 0.5) is 0 Å². The van der Waals surface area contributed by atoms with Crippen LogP contribution in [0, 0.1) is 0 Å². The molecule has 3 rings (SSSR count). The van der Waals surface area contributed by atoms with Crippen molar-refractivity contribution in [3.8, 4) is 11.5 Å². The normalized spacial score (nSPS) is 18.1. The minimum Gasteiger partial charge on any atom is -0.454 e. The number of rotatable bonds is 0. The summed E-state index contributed by atoms with van der Waals surface area (Å²) >= 11 is 6.08. The molecule has 0 amide bonds. The highest BCUT2D eigenvalue weighted by Crippen LogP contribution is 2.42. The molecule has 0 fully saturated rings. The molecule has 2 heterocycles. The number of nitrogens with one attached hydrogen (secondary N) is 1. The number of halogens is 1. The van der Waals surface area contributed by atoms with Crippen molar-refractivity contribution in [2.75, 3.05) is 6.79 Å². The Morgan fingerprint density at radius 1 is 1.29 bits per heavy atom. The maximum Gasteiger partial charge on any atom is 0.231 e. The first kappa shape index (κ1) is 8.35. The standard InChI is InChI=1S/C9H8ClNO3/c10-7-1-8-9(13-4-12-8)5-2-11-14-3-6(5)7/h1,11H,2-4H2. The van der Waals surface area contributed by atoms with Gasteiger partial charge in [-0.3, -0.25) is 4.84 Å². The van der Waals surface area contributed by atoms with Crippen molar-refractivity contribution in [2.45, 2.75) is 13.2 Å². The minimum absolute atomic E-state index is 0.267. The van der Waals surface area contributed by atoms with E-state index in [0.29, 0.717) is 18.2 Å². The van der Waals surface area contributed by atoms with Crippen LogP contribution in [0.3, 0.4) is 0 Å². The lowest BCUT2D eigenvalue weighted by Gasteiger charge is -2.19. The fraction of sp³-hybridized carbons (Fsp3) is 0.333. The van der Waals surface area contributed by atoms with Gasteiger partial charge in [0.1, 0.15) is 0 Å². The molecule has 0 radical (unpaired) electrons. The molecular formula is C9H8ClNO3. The van der Waals surface area contributed by atoms with Gasteiger partial charge in [0.2, 0.25) is 6.79 Å². The molecule has 5 heteroatoms. The Hall–Kier alpha value is -0.970. The maximum atomic E-state index is 6.08. The summed E-state index contributed by atoms with van der Waals surface area (Å²) in [7, 11) is 0. The van der Waals surface area contributed by atoms with Crippen molar-refractivity contribution in [1.29, 1.82) is 0 Å². The van der Waals surface area contributed by atoms with Crippen LogP contribution >= 0.6 is 11.6 Å². The van der Waals surface area contributed by atoms with Gasteiger partial charge in [-0.15, -0.1) is 0 Å². The van der Waals surface area contributed by atoms with Gasteiger partial charge in [-0.05, 0) is 0 Å². The molecule has 0 saturated carbocycles. The van der Waals surface area contributed by atoms with Crippen LogP contribution in [0.25, 0.3) is 0 Å². The SMILES string of the molecule is Clc1cc2c(c3c1CONC3)OCO2. The summed E-state index contributed by atoms with van der Waals surface area (Å²) in [5, 5.41) is 0.672. The van der Waals surface area contributed by atoms with E-state index in [9.17, 15) is 0 Å². The maximum absolute atomic E-state index is 6.08. The topological polar surface area (TPSA) is 39.7 Å². The molecule has 0 saturated heterocycles. The number of fused-ring (bicyclic) bond motifs is 3. The number of hydroxylamine groups is 1. The zero-order valence-corrected chi connectivity index (χ0v) is 8.06. The predicted molar refractivity (Wildman–Crippen MR) is 49.2 cm³/mol. The van der Waals surface area contributed by atoms with Gasteiger partial charge >= 0.3 is 0 Å². The second kappa shape index (κ2) is 3.02. The predicted octanol–water partition coefficient (Wildman–Crippen LogP) is 1.60. The Labute approximate surface area is 85.7 Å². The quantitative estimate of drug-likeness (QED) is 0.711. The van der Waals surface area contributed by atoms with Crippen LogP contribution in [0.1, 0.15) is 11.1 Å². The van der Waals surface area contributed by atoms with Crippen LogP contribution in [0.2, 0.25) is 5.02 Å². The van der Waals surface area contributed by atoms with Gasteiger partial charge in [0.05, 0.1) is 18.2 Å². The van der Waals surface area contributed by atoms with E-state index in [1.807, 2.05) is 0 Å². The number of benzene rings is 1. The average molecular weight is 214 g/mol. The number of hydrogen-bond acceptors (Lipinski definition) is 4. The molecule has 4 nitrogen and oxygen atoms in total. The first-order valence-electron chi connectivity index (χ1n) is 4.31. The third-order valence-electron chi connectivity index (χ3n) is 2.39. The summed E-state index contributed by atoms with van der Waals surface area (Å²) in [5.41, 5.74) is 4.82. The van der Waals surface area contributed by atoms with Gasteiger partial charge in [0.15, 0.2) is 11.5 Å². The highest BCUT2D eigenvalue weighted by atomic mass is 35.5. The molecular weight excluding hydrogens is 206 g/mol. The van der Waals surface area contributed by atoms with Crippen molar-refractivity contribution >= 4 is 11.6 Å². The molecule has 1 aromatic rings. The van der Waals surface area contributed by atoms with E-state index in [1.54, 1.807) is 6.07 Å². The Morgan fingerprint density at radius 2 is 2.21 bits per heavy atom. The number of ether oxygens (including phenoxy) is 2. The van der Waals surface area contributed by atoms with E-state index in [-0.39, 0.29) is 6.79 Å². The minimum atomic E-state index is 0.267. The summed E-state index contributed by atoms with van der Waals surface area (Å²) in [5.74, 6) is 1.51. The van der Waals surface area contributed by atoms with E-state index < -0.39 is 0 Å². The van der Waals surface area contributed by atoms with Gasteiger partial charge in [-0.1, -0.05) is 11.6 Å². The van der Waals surface area contributed by atoms with Crippen LogP contribution < -0.4 is 15.0 Å². The highest BCUT2D eigenvalue weighted by molar-refractivity contribution is 6.31. The second-order valence-corrected chi connectivity index (χ2v) is 3.57. The highest BCUT2D eigenvalue weighted by Gasteiger charge is 2.25. The van der Waals surface area contributed by atoms with Gasteiger partial charge in [-0.25, -0.2) is 0 Å². The molecule has 14 heavy (non-hydrogen) atoms. The van der Waals surface area contributed by atoms with Gasteiger partial charge in [0, 0.05) is 17.2 Å². The van der Waals surface area contributed by atoms with E-state index >= 15 is 0 Å². The van der Waals surface area contributed by atoms with Crippen LogP contribution in [0.5, 0.6) is 11.5 Å². The average Bonchev–Trinajstić information content (AvgIpc) is 2.66. The third-order valence-corrected chi connectivity index (χ3v) is 2.73. The zero-order valence-electron chi connectivity index (χ0n) is 7.30. The smallest absolute Gasteiger partial charge is 0.231 e. The lowest BCUT2D eigenvalue weighted by Crippen LogP contribution is -2.21. The van der Waals surface area contributed by atoms with Crippen molar-refractivity contribution in [3.63, 3.8) is 0 Å². The van der Waals surface area contributed by atoms with Crippen LogP contribution in [0.15, 0.2) is 6.07 Å². The summed E-state index contributed by atoms with van der Waals surface area (Å²) < 4.78 is 10.6. The molecule has 0 aliphatic carbocycles. The van der Waals surface area contributed by atoms with Crippen LogP contribution in [-0.2, 0) is 18.0 Å². The Kier molecular flexibility index (Phi) is 1.80. The molecule has 0 unspecified atom stereocenters. The zero-order chi connectivity index (χ0) is 9.54. The number of hydrogen-bond donors (Lipinski definition) is 1. The summed E-state index contributed by atoms with van der Waals surface area (Å²) in [4.78, 5) is 5.11. The molecule has 0 bridgehead atoms. The fourth-order valence-corrected chi connectivity index (χ4v) is 1.97. The lowest BCUT2D eigenvalue weighted by atomic mass is 10.1. The van der Waals surface area contributed by atoms with Crippen molar-refractivity contribution in [1.82, 2.24) is 5.48 Å². The molecule has 1 aromatic carbocycles. The van der Waals surface area contributed by atoms with E-state index in [2.05, 4.69) is 5.48 Å². The van der Waals surface area contributed by atoms with Crippen molar-refractivity contribution < 1.29 is 14.3 Å². The van der Waals surface area contributed by atoms with Gasteiger partial charge < -0.3 is 9.47 Å².